The minimum Gasteiger partial charge on any atom is -0.477 e. The number of likely N-dealkylation sites (N-methyl/N-ethyl adjacent to an activating group) is 1. The monoisotopic (exact) mass is 717 g/mol. The molecule has 0 fully saturated rings. The van der Waals surface area contributed by atoms with Crippen molar-refractivity contribution in [1.29, 1.82) is 0 Å². The summed E-state index contributed by atoms with van der Waals surface area (Å²) in [5.74, 6) is -1.57. The molecule has 0 aliphatic heterocycles. The van der Waals surface area contributed by atoms with Crippen LogP contribution in [-0.2, 0) is 28.6 Å². The fraction of sp³-hybridized carbons (Fsp3) is 0.698. The van der Waals surface area contributed by atoms with Crippen LogP contribution in [0.2, 0.25) is 0 Å². The lowest BCUT2D eigenvalue weighted by Crippen LogP contribution is -2.50. The number of allylic oxidation sites excluding steroid dienone is 10. The predicted molar refractivity (Wildman–Crippen MR) is 211 cm³/mol. The third-order valence-electron chi connectivity index (χ3n) is 8.56. The molecule has 0 aromatic rings. The number of hydrogen-bond acceptors (Lipinski definition) is 6. The number of carbonyl (C=O) groups is 3. The van der Waals surface area contributed by atoms with E-state index < -0.39 is 18.1 Å². The van der Waals surface area contributed by atoms with E-state index >= 15 is 0 Å². The van der Waals surface area contributed by atoms with Gasteiger partial charge in [-0.3, -0.25) is 9.59 Å². The maximum absolute atomic E-state index is 12.6. The molecule has 0 amide bonds. The summed E-state index contributed by atoms with van der Waals surface area (Å²) < 4.78 is 17.1. The number of esters is 2. The average molecular weight is 717 g/mol. The zero-order valence-electron chi connectivity index (χ0n) is 33.0. The molecule has 0 saturated heterocycles. The van der Waals surface area contributed by atoms with Crippen molar-refractivity contribution in [3.63, 3.8) is 0 Å². The van der Waals surface area contributed by atoms with Gasteiger partial charge in [0.1, 0.15) is 6.61 Å². The van der Waals surface area contributed by atoms with Crippen molar-refractivity contribution in [2.45, 2.75) is 154 Å². The van der Waals surface area contributed by atoms with E-state index in [1.54, 1.807) is 0 Å². The number of aliphatic carboxylic acids is 1. The van der Waals surface area contributed by atoms with Crippen LogP contribution in [0.25, 0.3) is 0 Å². The van der Waals surface area contributed by atoms with Crippen LogP contribution in [0.3, 0.4) is 0 Å². The summed E-state index contributed by atoms with van der Waals surface area (Å²) in [6.45, 7) is 4.50. The lowest BCUT2D eigenvalue weighted by Gasteiger charge is -2.31. The van der Waals surface area contributed by atoms with E-state index in [-0.39, 0.29) is 42.7 Å². The zero-order chi connectivity index (χ0) is 37.8. The molecule has 2 atom stereocenters. The zero-order valence-corrected chi connectivity index (χ0v) is 33.0. The van der Waals surface area contributed by atoms with Crippen LogP contribution in [0.4, 0.5) is 0 Å². The SMILES string of the molecule is CC/C=C/C=C/C=C/C=C/C=C/CCCC(=O)OC(COCCC(C(=O)O)[N+](C)(C)C)COC(=O)CCCCCCCCCCCCCCCC. The summed E-state index contributed by atoms with van der Waals surface area (Å²) in [4.78, 5) is 36.8. The highest BCUT2D eigenvalue weighted by molar-refractivity contribution is 5.72. The van der Waals surface area contributed by atoms with Gasteiger partial charge in [0.25, 0.3) is 0 Å². The highest BCUT2D eigenvalue weighted by Gasteiger charge is 2.31. The second-order valence-corrected chi connectivity index (χ2v) is 14.3. The van der Waals surface area contributed by atoms with E-state index in [1.807, 2.05) is 75.8 Å². The van der Waals surface area contributed by atoms with Gasteiger partial charge in [-0.2, -0.15) is 0 Å². The lowest BCUT2D eigenvalue weighted by atomic mass is 10.0. The molecule has 8 heteroatoms. The Hall–Kier alpha value is -2.97. The summed E-state index contributed by atoms with van der Waals surface area (Å²) in [7, 11) is 5.49. The van der Waals surface area contributed by atoms with Crippen LogP contribution in [0.15, 0.2) is 60.8 Å². The number of rotatable bonds is 34. The fourth-order valence-electron chi connectivity index (χ4n) is 5.47. The van der Waals surface area contributed by atoms with Crippen LogP contribution >= 0.6 is 0 Å². The van der Waals surface area contributed by atoms with Crippen LogP contribution in [0.1, 0.15) is 142 Å². The molecular weight excluding hydrogens is 642 g/mol. The highest BCUT2D eigenvalue weighted by atomic mass is 16.6. The predicted octanol–water partition coefficient (Wildman–Crippen LogP) is 10.2. The van der Waals surface area contributed by atoms with Crippen molar-refractivity contribution >= 4 is 17.9 Å². The topological polar surface area (TPSA) is 99.1 Å². The van der Waals surface area contributed by atoms with Gasteiger partial charge in [-0.15, -0.1) is 0 Å². The molecule has 292 valence electrons. The maximum atomic E-state index is 12.6. The molecule has 0 saturated carbocycles. The first-order valence-electron chi connectivity index (χ1n) is 19.9. The first kappa shape index (κ1) is 48.0. The van der Waals surface area contributed by atoms with Gasteiger partial charge in [0.15, 0.2) is 12.1 Å². The Morgan fingerprint density at radius 1 is 0.608 bits per heavy atom. The summed E-state index contributed by atoms with van der Waals surface area (Å²) >= 11 is 0. The van der Waals surface area contributed by atoms with Gasteiger partial charge in [-0.1, -0.05) is 158 Å². The second kappa shape index (κ2) is 34.1. The number of nitrogens with zero attached hydrogens (tertiary/aromatic N) is 1. The van der Waals surface area contributed by atoms with E-state index in [0.717, 1.165) is 32.1 Å². The van der Waals surface area contributed by atoms with Crippen LogP contribution < -0.4 is 0 Å². The molecule has 0 aromatic heterocycles. The Morgan fingerprint density at radius 2 is 1.10 bits per heavy atom. The molecule has 8 nitrogen and oxygen atoms in total. The number of carboxylic acid groups (broad SMARTS) is 1. The molecule has 0 bridgehead atoms. The van der Waals surface area contributed by atoms with Gasteiger partial charge in [0.05, 0.1) is 34.4 Å². The normalized spacial score (nSPS) is 13.7. The number of carboxylic acids is 1. The van der Waals surface area contributed by atoms with Gasteiger partial charge in [-0.25, -0.2) is 4.79 Å². The first-order chi connectivity index (χ1) is 24.6. The summed E-state index contributed by atoms with van der Waals surface area (Å²) in [5.41, 5.74) is 0. The van der Waals surface area contributed by atoms with Gasteiger partial charge >= 0.3 is 17.9 Å². The van der Waals surface area contributed by atoms with Crippen molar-refractivity contribution < 1.29 is 38.2 Å². The third-order valence-corrected chi connectivity index (χ3v) is 8.56. The van der Waals surface area contributed by atoms with Crippen LogP contribution in [0, 0.1) is 0 Å². The number of quaternary nitrogens is 1. The minimum absolute atomic E-state index is 0.0314. The van der Waals surface area contributed by atoms with Crippen LogP contribution in [0.5, 0.6) is 0 Å². The molecular formula is C43H74NO7+. The van der Waals surface area contributed by atoms with Crippen molar-refractivity contribution in [2.24, 2.45) is 0 Å². The Kier molecular flexibility index (Phi) is 32.1. The Balaban J connectivity index is 4.51. The molecule has 0 heterocycles. The maximum Gasteiger partial charge on any atom is 0.362 e. The van der Waals surface area contributed by atoms with Gasteiger partial charge in [0.2, 0.25) is 0 Å². The van der Waals surface area contributed by atoms with Gasteiger partial charge in [0, 0.05) is 19.3 Å². The van der Waals surface area contributed by atoms with E-state index in [9.17, 15) is 19.5 Å². The second-order valence-electron chi connectivity index (χ2n) is 14.3. The number of unbranched alkanes of at least 4 members (excludes halogenated alkanes) is 14. The summed E-state index contributed by atoms with van der Waals surface area (Å²) in [5, 5.41) is 9.58. The van der Waals surface area contributed by atoms with Crippen molar-refractivity contribution in [2.75, 3.05) is 41.0 Å². The molecule has 0 aromatic carbocycles. The average Bonchev–Trinajstić information content (AvgIpc) is 3.08. The third kappa shape index (κ3) is 32.7. The standard InChI is InChI=1S/C43H73NO7/c1-6-8-10-12-14-16-18-20-22-23-25-27-29-31-33-41(45)50-38-39(37-49-36-35-40(43(47)48)44(3,4)5)51-42(46)34-32-30-28-26-24-21-19-17-15-13-11-9-7-2/h9,11,13,15,17,19,21,24,26,28,39-40H,6-8,10,12,14,16,18,20,22-23,25,27,29-38H2,1-5H3/p+1/b11-9+,15-13+,19-17+,24-21+,28-26+. The fourth-order valence-corrected chi connectivity index (χ4v) is 5.47. The Bertz CT molecular complexity index is 1020. The van der Waals surface area contributed by atoms with E-state index in [0.29, 0.717) is 19.3 Å². The number of ether oxygens (including phenoxy) is 3. The molecule has 2 unspecified atom stereocenters. The Morgan fingerprint density at radius 3 is 1.61 bits per heavy atom. The minimum atomic E-state index is -0.889. The lowest BCUT2D eigenvalue weighted by molar-refractivity contribution is -0.887. The number of carbonyl (C=O) groups excluding carboxylic acids is 2. The quantitative estimate of drug-likeness (QED) is 0.0306. The molecule has 0 aliphatic carbocycles. The smallest absolute Gasteiger partial charge is 0.362 e. The molecule has 0 spiro atoms. The van der Waals surface area contributed by atoms with E-state index in [4.69, 9.17) is 14.2 Å². The Labute approximate surface area is 311 Å². The van der Waals surface area contributed by atoms with E-state index in [2.05, 4.69) is 19.9 Å². The molecule has 51 heavy (non-hydrogen) atoms. The van der Waals surface area contributed by atoms with Gasteiger partial charge in [-0.05, 0) is 25.7 Å². The first-order valence-corrected chi connectivity index (χ1v) is 19.9. The molecule has 0 radical (unpaired) electrons. The molecule has 0 rings (SSSR count). The summed E-state index contributed by atoms with van der Waals surface area (Å²) in [6, 6.07) is -0.627. The van der Waals surface area contributed by atoms with Crippen molar-refractivity contribution in [1.82, 2.24) is 0 Å². The van der Waals surface area contributed by atoms with Crippen LogP contribution in [-0.4, -0.2) is 80.6 Å². The van der Waals surface area contributed by atoms with Gasteiger partial charge < -0.3 is 23.8 Å². The number of hydrogen-bond donors (Lipinski definition) is 1. The largest absolute Gasteiger partial charge is 0.477 e. The summed E-state index contributed by atoms with van der Waals surface area (Å²) in [6.07, 6.45) is 39.9. The highest BCUT2D eigenvalue weighted by Crippen LogP contribution is 2.14. The molecule has 1 N–H and O–H groups in total. The van der Waals surface area contributed by atoms with Crippen molar-refractivity contribution in [3.05, 3.63) is 60.8 Å². The van der Waals surface area contributed by atoms with Crippen molar-refractivity contribution in [3.8, 4) is 0 Å². The van der Waals surface area contributed by atoms with E-state index in [1.165, 1.54) is 70.6 Å². The molecule has 0 aliphatic rings.